The molecule has 5 nitrogen and oxygen atoms in total. The minimum Gasteiger partial charge on any atom is -0.374 e. The lowest BCUT2D eigenvalue weighted by molar-refractivity contribution is 0.222. The molecule has 1 aliphatic heterocycles. The van der Waals surface area contributed by atoms with Crippen molar-refractivity contribution in [2.24, 2.45) is 11.8 Å². The molecule has 0 bridgehead atoms. The van der Waals surface area contributed by atoms with Crippen molar-refractivity contribution in [1.82, 2.24) is 9.88 Å². The highest BCUT2D eigenvalue weighted by Crippen LogP contribution is 2.21. The van der Waals surface area contributed by atoms with Crippen LogP contribution < -0.4 is 16.2 Å². The van der Waals surface area contributed by atoms with Gasteiger partial charge < -0.3 is 15.2 Å². The Hall–Kier alpha value is -1.33. The number of pyridine rings is 1. The molecule has 1 fully saturated rings. The molecule has 1 saturated heterocycles. The fraction of sp³-hybridized carbons (Fsp3) is 0.615. The summed E-state index contributed by atoms with van der Waals surface area (Å²) in [4.78, 5) is 8.82. The van der Waals surface area contributed by atoms with Crippen molar-refractivity contribution in [3.05, 3.63) is 18.3 Å². The monoisotopic (exact) mass is 249 g/mol. The molecule has 5 heteroatoms. The Kier molecular flexibility index (Phi) is 4.38. The molecule has 1 aromatic rings. The van der Waals surface area contributed by atoms with E-state index in [0.717, 1.165) is 18.2 Å². The first-order chi connectivity index (χ1) is 8.69. The number of nitrogen functional groups attached to an aromatic ring is 1. The Morgan fingerprint density at radius 1 is 1.50 bits per heavy atom. The Labute approximate surface area is 109 Å². The number of nitrogens with two attached hydrogens (primary N) is 1. The van der Waals surface area contributed by atoms with E-state index in [1.165, 1.54) is 25.9 Å². The SMILES string of the molecule is CN1CCC(CN(C)c2ccnc(NN)c2)CC1. The van der Waals surface area contributed by atoms with E-state index < -0.39 is 0 Å². The number of hydrazine groups is 1. The van der Waals surface area contributed by atoms with Gasteiger partial charge in [0.05, 0.1) is 0 Å². The number of piperidine rings is 1. The summed E-state index contributed by atoms with van der Waals surface area (Å²) in [6.45, 7) is 3.52. The van der Waals surface area contributed by atoms with Crippen molar-refractivity contribution in [2.75, 3.05) is 44.1 Å². The molecule has 100 valence electrons. The van der Waals surface area contributed by atoms with E-state index in [0.29, 0.717) is 5.82 Å². The molecule has 3 N–H and O–H groups in total. The van der Waals surface area contributed by atoms with Crippen LogP contribution in [0.4, 0.5) is 11.5 Å². The highest BCUT2D eigenvalue weighted by atomic mass is 15.2. The van der Waals surface area contributed by atoms with Crippen molar-refractivity contribution in [1.29, 1.82) is 0 Å². The number of hydrogen-bond donors (Lipinski definition) is 2. The van der Waals surface area contributed by atoms with Crippen LogP contribution in [0.1, 0.15) is 12.8 Å². The lowest BCUT2D eigenvalue weighted by Gasteiger charge is -2.32. The van der Waals surface area contributed by atoms with Gasteiger partial charge in [0.2, 0.25) is 0 Å². The summed E-state index contributed by atoms with van der Waals surface area (Å²) in [6, 6.07) is 4.00. The van der Waals surface area contributed by atoms with Gasteiger partial charge in [0, 0.05) is 31.5 Å². The molecule has 0 radical (unpaired) electrons. The molecule has 0 unspecified atom stereocenters. The average molecular weight is 249 g/mol. The molecule has 1 aliphatic rings. The van der Waals surface area contributed by atoms with E-state index in [4.69, 9.17) is 5.84 Å². The van der Waals surface area contributed by atoms with Crippen molar-refractivity contribution in [2.45, 2.75) is 12.8 Å². The molecule has 0 aliphatic carbocycles. The van der Waals surface area contributed by atoms with Gasteiger partial charge in [-0.3, -0.25) is 0 Å². The maximum Gasteiger partial charge on any atom is 0.141 e. The van der Waals surface area contributed by atoms with Gasteiger partial charge in [-0.25, -0.2) is 10.8 Å². The predicted octanol–water partition coefficient (Wildman–Crippen LogP) is 1.15. The van der Waals surface area contributed by atoms with Crippen LogP contribution in [0.5, 0.6) is 0 Å². The molecule has 2 rings (SSSR count). The Balaban J connectivity index is 1.92. The fourth-order valence-electron chi connectivity index (χ4n) is 2.47. The summed E-state index contributed by atoms with van der Waals surface area (Å²) < 4.78 is 0. The van der Waals surface area contributed by atoms with Gasteiger partial charge in [0.15, 0.2) is 0 Å². The van der Waals surface area contributed by atoms with Crippen LogP contribution >= 0.6 is 0 Å². The van der Waals surface area contributed by atoms with Gasteiger partial charge in [-0.1, -0.05) is 0 Å². The number of anilines is 2. The van der Waals surface area contributed by atoms with E-state index in [9.17, 15) is 0 Å². The molecule has 0 amide bonds. The van der Waals surface area contributed by atoms with Crippen LogP contribution in [-0.2, 0) is 0 Å². The lowest BCUT2D eigenvalue weighted by Crippen LogP contribution is -2.35. The zero-order valence-electron chi connectivity index (χ0n) is 11.3. The first kappa shape index (κ1) is 13.1. The highest BCUT2D eigenvalue weighted by molar-refractivity contribution is 5.52. The number of nitrogens with one attached hydrogen (secondary N) is 1. The number of likely N-dealkylation sites (tertiary alicyclic amines) is 1. The van der Waals surface area contributed by atoms with Crippen LogP contribution in [0.25, 0.3) is 0 Å². The summed E-state index contributed by atoms with van der Waals surface area (Å²) in [7, 11) is 4.33. The third kappa shape index (κ3) is 3.34. The minimum atomic E-state index is 0.711. The van der Waals surface area contributed by atoms with Crippen molar-refractivity contribution >= 4 is 11.5 Å². The molecule has 1 aromatic heterocycles. The third-order valence-electron chi connectivity index (χ3n) is 3.70. The summed E-state index contributed by atoms with van der Waals surface area (Å²) in [6.07, 6.45) is 4.36. The van der Waals surface area contributed by atoms with Gasteiger partial charge in [0.1, 0.15) is 5.82 Å². The highest BCUT2D eigenvalue weighted by Gasteiger charge is 2.18. The zero-order chi connectivity index (χ0) is 13.0. The molecule has 2 heterocycles. The standard InChI is InChI=1S/C13H23N5/c1-17-7-4-11(5-8-17)10-18(2)12-3-6-15-13(9-12)16-14/h3,6,9,11H,4-5,7-8,10,14H2,1-2H3,(H,15,16). The van der Waals surface area contributed by atoms with Gasteiger partial charge >= 0.3 is 0 Å². The molecule has 0 spiro atoms. The second kappa shape index (κ2) is 6.02. The zero-order valence-corrected chi connectivity index (χ0v) is 11.3. The quantitative estimate of drug-likeness (QED) is 0.619. The number of nitrogens with zero attached hydrogens (tertiary/aromatic N) is 3. The topological polar surface area (TPSA) is 57.4 Å². The Bertz CT molecular complexity index is 373. The van der Waals surface area contributed by atoms with E-state index in [1.54, 1.807) is 6.20 Å². The van der Waals surface area contributed by atoms with Crippen molar-refractivity contribution in [3.8, 4) is 0 Å². The van der Waals surface area contributed by atoms with Gasteiger partial charge in [-0.15, -0.1) is 0 Å². The maximum atomic E-state index is 5.38. The second-order valence-electron chi connectivity index (χ2n) is 5.17. The molecule has 0 atom stereocenters. The summed E-state index contributed by atoms with van der Waals surface area (Å²) in [5.74, 6) is 6.88. The number of aromatic nitrogens is 1. The first-order valence-corrected chi connectivity index (χ1v) is 6.51. The lowest BCUT2D eigenvalue weighted by atomic mass is 9.96. The van der Waals surface area contributed by atoms with Crippen LogP contribution in [-0.4, -0.2) is 43.6 Å². The molecular formula is C13H23N5. The van der Waals surface area contributed by atoms with Gasteiger partial charge in [-0.05, 0) is 45.0 Å². The third-order valence-corrected chi connectivity index (χ3v) is 3.70. The van der Waals surface area contributed by atoms with Crippen molar-refractivity contribution < 1.29 is 0 Å². The van der Waals surface area contributed by atoms with Crippen LogP contribution in [0.15, 0.2) is 18.3 Å². The number of rotatable bonds is 4. The van der Waals surface area contributed by atoms with Gasteiger partial charge in [-0.2, -0.15) is 0 Å². The second-order valence-corrected chi connectivity index (χ2v) is 5.17. The Morgan fingerprint density at radius 3 is 2.89 bits per heavy atom. The van der Waals surface area contributed by atoms with E-state index in [-0.39, 0.29) is 0 Å². The fourth-order valence-corrected chi connectivity index (χ4v) is 2.47. The van der Waals surface area contributed by atoms with E-state index in [1.807, 2.05) is 12.1 Å². The van der Waals surface area contributed by atoms with Crippen LogP contribution in [0, 0.1) is 5.92 Å². The van der Waals surface area contributed by atoms with Crippen LogP contribution in [0.3, 0.4) is 0 Å². The number of hydrogen-bond acceptors (Lipinski definition) is 5. The predicted molar refractivity (Wildman–Crippen MR) is 75.5 cm³/mol. The smallest absolute Gasteiger partial charge is 0.141 e. The first-order valence-electron chi connectivity index (χ1n) is 6.51. The van der Waals surface area contributed by atoms with Crippen molar-refractivity contribution in [3.63, 3.8) is 0 Å². The maximum absolute atomic E-state index is 5.38. The molecule has 18 heavy (non-hydrogen) atoms. The van der Waals surface area contributed by atoms with Crippen LogP contribution in [0.2, 0.25) is 0 Å². The average Bonchev–Trinajstić information content (AvgIpc) is 2.41. The normalized spacial score (nSPS) is 17.7. The summed E-state index contributed by atoms with van der Waals surface area (Å²) >= 11 is 0. The summed E-state index contributed by atoms with van der Waals surface area (Å²) in [5, 5.41) is 0. The summed E-state index contributed by atoms with van der Waals surface area (Å²) in [5.41, 5.74) is 3.75. The van der Waals surface area contributed by atoms with Gasteiger partial charge in [0.25, 0.3) is 0 Å². The largest absolute Gasteiger partial charge is 0.374 e. The molecular weight excluding hydrogens is 226 g/mol. The molecule has 0 saturated carbocycles. The Morgan fingerprint density at radius 2 is 2.22 bits per heavy atom. The van der Waals surface area contributed by atoms with E-state index in [2.05, 4.69) is 34.3 Å². The van der Waals surface area contributed by atoms with E-state index >= 15 is 0 Å². The minimum absolute atomic E-state index is 0.711. The molecule has 0 aromatic carbocycles.